The van der Waals surface area contributed by atoms with Gasteiger partial charge >= 0.3 is 0 Å². The SMILES string of the molecule is CON=C(C(=O)NC1C(=O)N2C(C(=O)[O-])=C(C[n+]3ccnc(N(C)C)c3)CS[C@@H]12)c1csc(N)n1. The third-order valence-electron chi connectivity index (χ3n) is 5.27. The summed E-state index contributed by atoms with van der Waals surface area (Å²) in [6, 6.07) is -0.949. The van der Waals surface area contributed by atoms with Crippen molar-refractivity contribution in [2.75, 3.05) is 37.6 Å². The Labute approximate surface area is 208 Å². The van der Waals surface area contributed by atoms with E-state index in [4.69, 9.17) is 10.6 Å². The summed E-state index contributed by atoms with van der Waals surface area (Å²) < 4.78 is 1.79. The molecule has 1 fully saturated rings. The van der Waals surface area contributed by atoms with Gasteiger partial charge in [-0.25, -0.2) is 9.97 Å². The van der Waals surface area contributed by atoms with Crippen LogP contribution in [0.3, 0.4) is 0 Å². The minimum atomic E-state index is -1.45. The predicted octanol–water partition coefficient (Wildman–Crippen LogP) is -2.07. The summed E-state index contributed by atoms with van der Waals surface area (Å²) in [5.41, 5.74) is 6.03. The number of nitrogens with two attached hydrogens (primary N) is 1. The maximum atomic E-state index is 13.0. The minimum Gasteiger partial charge on any atom is -0.543 e. The molecule has 0 spiro atoms. The van der Waals surface area contributed by atoms with E-state index in [0.717, 1.165) is 16.2 Å². The van der Waals surface area contributed by atoms with Crippen LogP contribution in [0.1, 0.15) is 5.69 Å². The summed E-state index contributed by atoms with van der Waals surface area (Å²) in [4.78, 5) is 53.8. The van der Waals surface area contributed by atoms with Gasteiger partial charge < -0.3 is 30.7 Å². The quantitative estimate of drug-likeness (QED) is 0.171. The molecule has 1 saturated heterocycles. The molecule has 0 bridgehead atoms. The number of nitrogens with zero attached hydrogens (tertiary/aromatic N) is 6. The maximum Gasteiger partial charge on any atom is 0.276 e. The number of aromatic nitrogens is 3. The Morgan fingerprint density at radius 3 is 2.86 bits per heavy atom. The van der Waals surface area contributed by atoms with Gasteiger partial charge in [-0.1, -0.05) is 5.16 Å². The highest BCUT2D eigenvalue weighted by molar-refractivity contribution is 8.00. The van der Waals surface area contributed by atoms with E-state index in [1.165, 1.54) is 18.9 Å². The Morgan fingerprint density at radius 2 is 2.23 bits per heavy atom. The molecule has 35 heavy (non-hydrogen) atoms. The van der Waals surface area contributed by atoms with Crippen molar-refractivity contribution in [2.24, 2.45) is 5.16 Å². The molecule has 15 heteroatoms. The number of nitrogens with one attached hydrogen (secondary N) is 1. The molecular formula is C20H22N8O5S2. The number of rotatable bonds is 8. The van der Waals surface area contributed by atoms with E-state index in [9.17, 15) is 19.5 Å². The molecule has 0 radical (unpaired) electrons. The molecular weight excluding hydrogens is 496 g/mol. The molecule has 3 N–H and O–H groups in total. The van der Waals surface area contributed by atoms with E-state index in [-0.39, 0.29) is 28.8 Å². The molecule has 2 aliphatic heterocycles. The lowest BCUT2D eigenvalue weighted by Gasteiger charge is -2.50. The van der Waals surface area contributed by atoms with Crippen LogP contribution in [0.5, 0.6) is 0 Å². The van der Waals surface area contributed by atoms with Gasteiger partial charge in [-0.3, -0.25) is 14.5 Å². The topological polar surface area (TPSA) is 170 Å². The highest BCUT2D eigenvalue weighted by Gasteiger charge is 2.53. The lowest BCUT2D eigenvalue weighted by molar-refractivity contribution is -0.688. The summed E-state index contributed by atoms with van der Waals surface area (Å²) in [5.74, 6) is -1.67. The first-order valence-electron chi connectivity index (χ1n) is 10.2. The first-order chi connectivity index (χ1) is 16.7. The van der Waals surface area contributed by atoms with E-state index in [1.54, 1.807) is 28.5 Å². The molecule has 4 rings (SSSR count). The van der Waals surface area contributed by atoms with Crippen LogP contribution in [0.15, 0.2) is 40.4 Å². The van der Waals surface area contributed by atoms with E-state index >= 15 is 0 Å². The van der Waals surface area contributed by atoms with Crippen molar-refractivity contribution in [1.29, 1.82) is 0 Å². The van der Waals surface area contributed by atoms with Crippen LogP contribution in [-0.4, -0.2) is 76.7 Å². The molecule has 0 saturated carbocycles. The first kappa shape index (κ1) is 24.4. The minimum absolute atomic E-state index is 0.144. The Bertz CT molecular complexity index is 1240. The lowest BCUT2D eigenvalue weighted by atomic mass is 10.0. The van der Waals surface area contributed by atoms with Crippen LogP contribution in [-0.2, 0) is 25.8 Å². The number of fused-ring (bicyclic) bond motifs is 1. The molecule has 2 atom stereocenters. The molecule has 2 aliphatic rings. The summed E-state index contributed by atoms with van der Waals surface area (Å²) in [7, 11) is 4.97. The second-order valence-corrected chi connectivity index (χ2v) is 9.77. The molecule has 0 aliphatic carbocycles. The number of hydrogen-bond acceptors (Lipinski definition) is 12. The predicted molar refractivity (Wildman–Crippen MR) is 126 cm³/mol. The van der Waals surface area contributed by atoms with Crippen molar-refractivity contribution in [3.8, 4) is 0 Å². The van der Waals surface area contributed by atoms with Crippen LogP contribution >= 0.6 is 23.1 Å². The molecule has 2 aromatic rings. The number of β-lactam (4-membered cyclic amide) rings is 1. The average molecular weight is 519 g/mol. The number of nitrogen functional groups attached to an aromatic ring is 1. The van der Waals surface area contributed by atoms with Gasteiger partial charge in [0, 0.05) is 30.8 Å². The molecule has 2 aromatic heterocycles. The Kier molecular flexibility index (Phi) is 6.88. The lowest BCUT2D eigenvalue weighted by Crippen LogP contribution is -2.71. The molecule has 1 unspecified atom stereocenters. The van der Waals surface area contributed by atoms with E-state index < -0.39 is 29.2 Å². The summed E-state index contributed by atoms with van der Waals surface area (Å²) in [5, 5.41) is 19.5. The van der Waals surface area contributed by atoms with Crippen LogP contribution < -0.4 is 25.6 Å². The second kappa shape index (κ2) is 9.87. The largest absolute Gasteiger partial charge is 0.543 e. The van der Waals surface area contributed by atoms with Gasteiger partial charge in [0.2, 0.25) is 6.20 Å². The van der Waals surface area contributed by atoms with Gasteiger partial charge in [-0.2, -0.15) is 4.57 Å². The molecule has 4 heterocycles. The zero-order valence-corrected chi connectivity index (χ0v) is 20.6. The molecule has 13 nitrogen and oxygen atoms in total. The van der Waals surface area contributed by atoms with E-state index in [1.807, 2.05) is 19.0 Å². The van der Waals surface area contributed by atoms with Crippen LogP contribution in [0.25, 0.3) is 0 Å². The molecule has 184 valence electrons. The number of carboxylic acids is 1. The van der Waals surface area contributed by atoms with Gasteiger partial charge in [0.1, 0.15) is 24.2 Å². The Balaban J connectivity index is 1.54. The maximum absolute atomic E-state index is 13.0. The average Bonchev–Trinajstić information content (AvgIpc) is 3.26. The Hall–Kier alpha value is -3.72. The number of carbonyl (C=O) groups excluding carboxylic acids is 3. The van der Waals surface area contributed by atoms with Gasteiger partial charge in [0.15, 0.2) is 29.4 Å². The van der Waals surface area contributed by atoms with Crippen molar-refractivity contribution < 1.29 is 28.9 Å². The fourth-order valence-electron chi connectivity index (χ4n) is 3.66. The van der Waals surface area contributed by atoms with E-state index in [0.29, 0.717) is 17.1 Å². The number of aliphatic carboxylic acids is 1. The number of carbonyl (C=O) groups is 3. The van der Waals surface area contributed by atoms with Crippen molar-refractivity contribution in [1.82, 2.24) is 20.2 Å². The number of anilines is 2. The number of hydrogen-bond donors (Lipinski definition) is 2. The number of carboxylic acid groups (broad SMARTS) is 1. The van der Waals surface area contributed by atoms with Crippen LogP contribution in [0, 0.1) is 0 Å². The number of amides is 2. The first-order valence-corrected chi connectivity index (χ1v) is 12.2. The van der Waals surface area contributed by atoms with Crippen molar-refractivity contribution >= 4 is 57.5 Å². The van der Waals surface area contributed by atoms with Gasteiger partial charge in [0.05, 0.1) is 17.9 Å². The zero-order chi connectivity index (χ0) is 25.3. The fraction of sp³-hybridized carbons (Fsp3) is 0.350. The van der Waals surface area contributed by atoms with Crippen molar-refractivity contribution in [2.45, 2.75) is 18.0 Å². The third kappa shape index (κ3) is 4.77. The molecule has 2 amide bonds. The normalized spacial score (nSPS) is 19.7. The third-order valence-corrected chi connectivity index (χ3v) is 7.28. The zero-order valence-electron chi connectivity index (χ0n) is 19.0. The highest BCUT2D eigenvalue weighted by Crippen LogP contribution is 2.40. The Morgan fingerprint density at radius 1 is 1.46 bits per heavy atom. The summed E-state index contributed by atoms with van der Waals surface area (Å²) >= 11 is 2.47. The van der Waals surface area contributed by atoms with Crippen LogP contribution in [0.2, 0.25) is 0 Å². The van der Waals surface area contributed by atoms with Gasteiger partial charge in [-0.15, -0.1) is 23.1 Å². The standard InChI is InChI=1S/C20H22N8O5S2/c1-26(2)12-7-27(5-4-22-12)6-10-8-34-18-14(17(30)28(18)15(10)19(31)32)24-16(29)13(25-33-3)11-9-35-20(21)23-11/h4-5,7,9,14,18H,6,8H2,1-3H3,(H3-,21,23,24,29,31,32)/t14?,18-/m0/s1. The monoisotopic (exact) mass is 518 g/mol. The van der Waals surface area contributed by atoms with Gasteiger partial charge in [-0.05, 0) is 0 Å². The smallest absolute Gasteiger partial charge is 0.276 e. The number of oxime groups is 1. The summed E-state index contributed by atoms with van der Waals surface area (Å²) in [6.45, 7) is 0.239. The molecule has 0 aromatic carbocycles. The number of thioether (sulfide) groups is 1. The highest BCUT2D eigenvalue weighted by atomic mass is 32.2. The van der Waals surface area contributed by atoms with Gasteiger partial charge in [0.25, 0.3) is 11.8 Å². The number of thiazole rings is 1. The van der Waals surface area contributed by atoms with E-state index in [2.05, 4.69) is 20.4 Å². The van der Waals surface area contributed by atoms with Crippen molar-refractivity contribution in [3.05, 3.63) is 40.9 Å². The summed E-state index contributed by atoms with van der Waals surface area (Å²) in [6.07, 6.45) is 5.11. The van der Waals surface area contributed by atoms with Crippen molar-refractivity contribution in [3.63, 3.8) is 0 Å². The second-order valence-electron chi connectivity index (χ2n) is 7.78. The fourth-order valence-corrected chi connectivity index (χ4v) is 5.55. The van der Waals surface area contributed by atoms with Crippen LogP contribution in [0.4, 0.5) is 10.9 Å².